The van der Waals surface area contributed by atoms with E-state index in [0.29, 0.717) is 17.8 Å². The molecule has 7 rings (SSSR count). The van der Waals surface area contributed by atoms with Gasteiger partial charge in [0, 0.05) is 31.7 Å². The van der Waals surface area contributed by atoms with Gasteiger partial charge >= 0.3 is 0 Å². The SMILES string of the molecule is Cc1cc(Nc2nc(N)n(-c3ncnc4ccsc34)n2)cnc1N1CCN([C@H]2CC3CCC2C3)C(C)C1. The average Bonchev–Trinajstić information content (AvgIpc) is 3.68. The normalized spacial score (nSPS) is 25.8. The average molecular weight is 517 g/mol. The summed E-state index contributed by atoms with van der Waals surface area (Å²) in [6.07, 6.45) is 9.14. The van der Waals surface area contributed by atoms with Crippen molar-refractivity contribution in [2.75, 3.05) is 35.6 Å². The molecule has 4 atom stereocenters. The topological polar surface area (TPSA) is 114 Å². The Morgan fingerprint density at radius 1 is 1.11 bits per heavy atom. The van der Waals surface area contributed by atoms with Gasteiger partial charge in [0.2, 0.25) is 11.9 Å². The number of nitrogen functional groups attached to an aromatic ring is 1. The zero-order chi connectivity index (χ0) is 25.1. The van der Waals surface area contributed by atoms with Gasteiger partial charge in [-0.25, -0.2) is 15.0 Å². The van der Waals surface area contributed by atoms with Crippen LogP contribution in [-0.2, 0) is 0 Å². The third kappa shape index (κ3) is 4.00. The van der Waals surface area contributed by atoms with Crippen LogP contribution in [0.1, 0.15) is 38.2 Å². The minimum atomic E-state index is 0.263. The van der Waals surface area contributed by atoms with E-state index in [9.17, 15) is 0 Å². The van der Waals surface area contributed by atoms with Crippen molar-refractivity contribution in [3.63, 3.8) is 0 Å². The fraction of sp³-hybridized carbons (Fsp3) is 0.500. The van der Waals surface area contributed by atoms with Gasteiger partial charge in [0.1, 0.15) is 12.1 Å². The van der Waals surface area contributed by atoms with E-state index < -0.39 is 0 Å². The Labute approximate surface area is 219 Å². The maximum absolute atomic E-state index is 6.19. The van der Waals surface area contributed by atoms with Crippen molar-refractivity contribution >= 4 is 45.0 Å². The molecule has 1 aliphatic heterocycles. The Hall–Kier alpha value is -3.31. The molecule has 3 N–H and O–H groups in total. The van der Waals surface area contributed by atoms with Crippen LogP contribution in [0.5, 0.6) is 0 Å². The largest absolute Gasteiger partial charge is 0.368 e. The van der Waals surface area contributed by atoms with Crippen LogP contribution < -0.4 is 16.0 Å². The lowest BCUT2D eigenvalue weighted by atomic mass is 9.92. The number of anilines is 4. The fourth-order valence-corrected chi connectivity index (χ4v) is 7.65. The summed E-state index contributed by atoms with van der Waals surface area (Å²) >= 11 is 1.55. The van der Waals surface area contributed by atoms with Crippen LogP contribution in [0, 0.1) is 18.8 Å². The van der Waals surface area contributed by atoms with Gasteiger partial charge in [0.05, 0.1) is 22.1 Å². The van der Waals surface area contributed by atoms with Crippen LogP contribution in [0.3, 0.4) is 0 Å². The molecule has 0 spiro atoms. The van der Waals surface area contributed by atoms with E-state index >= 15 is 0 Å². The lowest BCUT2D eigenvalue weighted by molar-refractivity contribution is 0.0899. The molecule has 2 saturated carbocycles. The second-order valence-corrected chi connectivity index (χ2v) is 11.7. The Kier molecular flexibility index (Phi) is 5.51. The molecule has 1 saturated heterocycles. The Morgan fingerprint density at radius 3 is 2.81 bits per heavy atom. The number of thiophene rings is 1. The maximum atomic E-state index is 6.19. The quantitative estimate of drug-likeness (QED) is 0.406. The first kappa shape index (κ1) is 22.9. The molecule has 37 heavy (non-hydrogen) atoms. The van der Waals surface area contributed by atoms with Crippen LogP contribution in [0.2, 0.25) is 0 Å². The number of rotatable bonds is 5. The molecule has 3 fully saturated rings. The summed E-state index contributed by atoms with van der Waals surface area (Å²) in [5.41, 5.74) is 9.02. The molecule has 2 aliphatic carbocycles. The third-order valence-corrected chi connectivity index (χ3v) is 9.37. The number of piperazine rings is 1. The molecule has 0 radical (unpaired) electrons. The van der Waals surface area contributed by atoms with Crippen LogP contribution in [0.15, 0.2) is 30.0 Å². The molecule has 3 unspecified atom stereocenters. The molecule has 0 amide bonds. The number of nitrogens with two attached hydrogens (primary N) is 1. The molecule has 0 aromatic carbocycles. The van der Waals surface area contributed by atoms with Gasteiger partial charge in [-0.05, 0) is 68.0 Å². The van der Waals surface area contributed by atoms with Gasteiger partial charge < -0.3 is 16.0 Å². The van der Waals surface area contributed by atoms with Crippen molar-refractivity contribution in [3.05, 3.63) is 35.6 Å². The van der Waals surface area contributed by atoms with Crippen molar-refractivity contribution in [1.29, 1.82) is 0 Å². The van der Waals surface area contributed by atoms with Gasteiger partial charge in [-0.15, -0.1) is 16.4 Å². The van der Waals surface area contributed by atoms with Gasteiger partial charge in [-0.2, -0.15) is 9.67 Å². The van der Waals surface area contributed by atoms with Gasteiger partial charge in [0.15, 0.2) is 5.82 Å². The number of aryl methyl sites for hydroxylation is 1. The van der Waals surface area contributed by atoms with Crippen molar-refractivity contribution in [3.8, 4) is 5.82 Å². The van der Waals surface area contributed by atoms with Crippen LogP contribution in [0.4, 0.5) is 23.4 Å². The predicted octanol–water partition coefficient (Wildman–Crippen LogP) is 4.00. The number of hydrogen-bond acceptors (Lipinski definition) is 10. The van der Waals surface area contributed by atoms with Gasteiger partial charge in [0.25, 0.3) is 0 Å². The van der Waals surface area contributed by atoms with Crippen molar-refractivity contribution in [1.82, 2.24) is 34.6 Å². The monoisotopic (exact) mass is 516 g/mol. The smallest absolute Gasteiger partial charge is 0.248 e. The van der Waals surface area contributed by atoms with Crippen LogP contribution >= 0.6 is 11.3 Å². The summed E-state index contributed by atoms with van der Waals surface area (Å²) in [6.45, 7) is 7.68. The Bertz CT molecular complexity index is 1450. The molecule has 2 bridgehead atoms. The van der Waals surface area contributed by atoms with Gasteiger partial charge in [-0.3, -0.25) is 4.90 Å². The summed E-state index contributed by atoms with van der Waals surface area (Å²) < 4.78 is 2.47. The summed E-state index contributed by atoms with van der Waals surface area (Å²) in [6, 6.07) is 5.40. The molecule has 3 aliphatic rings. The second kappa shape index (κ2) is 8.91. The minimum absolute atomic E-state index is 0.263. The van der Waals surface area contributed by atoms with Crippen LogP contribution in [-0.4, -0.2) is 66.3 Å². The predicted molar refractivity (Wildman–Crippen MR) is 147 cm³/mol. The number of fused-ring (bicyclic) bond motifs is 3. The summed E-state index contributed by atoms with van der Waals surface area (Å²) in [5.74, 6) is 4.27. The van der Waals surface area contributed by atoms with E-state index in [-0.39, 0.29) is 5.95 Å². The van der Waals surface area contributed by atoms with E-state index in [1.54, 1.807) is 16.0 Å². The molecular formula is C26H32N10S. The standard InChI is InChI=1S/C26H32N10S/c1-15-9-19(31-26-32-25(27)36(33-26)24-22-20(5-8-37-22)29-14-30-24)12-28-23(15)34-6-7-35(16(2)13-34)21-11-17-3-4-18(21)10-17/h5,8-9,12,14,16-18,21H,3-4,6-7,10-11,13H2,1-2H3,(H3,27,31,32,33)/t16?,17?,18?,21-/m0/s1. The first-order valence-corrected chi connectivity index (χ1v) is 14.1. The molecule has 4 aromatic heterocycles. The van der Waals surface area contributed by atoms with E-state index in [0.717, 1.165) is 64.8 Å². The highest BCUT2D eigenvalue weighted by Crippen LogP contribution is 2.47. The van der Waals surface area contributed by atoms with Gasteiger partial charge in [-0.1, -0.05) is 6.42 Å². The van der Waals surface area contributed by atoms with Crippen molar-refractivity contribution in [2.45, 2.75) is 51.6 Å². The number of hydrogen-bond donors (Lipinski definition) is 2. The Balaban J connectivity index is 1.05. The fourth-order valence-electron chi connectivity index (χ4n) is 6.83. The molecule has 192 valence electrons. The number of pyridine rings is 1. The van der Waals surface area contributed by atoms with Crippen molar-refractivity contribution < 1.29 is 0 Å². The first-order valence-electron chi connectivity index (χ1n) is 13.2. The number of aromatic nitrogens is 6. The lowest BCUT2D eigenvalue weighted by Crippen LogP contribution is -2.56. The zero-order valence-electron chi connectivity index (χ0n) is 21.2. The van der Waals surface area contributed by atoms with Crippen molar-refractivity contribution in [2.24, 2.45) is 11.8 Å². The van der Waals surface area contributed by atoms with E-state index in [1.807, 2.05) is 17.6 Å². The Morgan fingerprint density at radius 2 is 2.03 bits per heavy atom. The highest BCUT2D eigenvalue weighted by atomic mass is 32.1. The summed E-state index contributed by atoms with van der Waals surface area (Å²) in [5, 5.41) is 9.80. The molecule has 5 heterocycles. The number of nitrogens with one attached hydrogen (secondary N) is 1. The highest BCUT2D eigenvalue weighted by Gasteiger charge is 2.44. The van der Waals surface area contributed by atoms with Crippen LogP contribution in [0.25, 0.3) is 16.0 Å². The second-order valence-electron chi connectivity index (χ2n) is 10.8. The van der Waals surface area contributed by atoms with E-state index in [4.69, 9.17) is 10.7 Å². The third-order valence-electron chi connectivity index (χ3n) is 8.47. The number of nitrogens with zero attached hydrogens (tertiary/aromatic N) is 8. The van der Waals surface area contributed by atoms with E-state index in [2.05, 4.69) is 55.1 Å². The highest BCUT2D eigenvalue weighted by molar-refractivity contribution is 7.17. The summed E-state index contributed by atoms with van der Waals surface area (Å²) in [4.78, 5) is 23.2. The first-order chi connectivity index (χ1) is 18.0. The lowest BCUT2D eigenvalue weighted by Gasteiger charge is -2.46. The molecular weight excluding hydrogens is 484 g/mol. The summed E-state index contributed by atoms with van der Waals surface area (Å²) in [7, 11) is 0. The molecule has 4 aromatic rings. The zero-order valence-corrected chi connectivity index (χ0v) is 22.0. The minimum Gasteiger partial charge on any atom is -0.368 e. The van der Waals surface area contributed by atoms with E-state index in [1.165, 1.54) is 32.0 Å². The molecule has 10 nitrogen and oxygen atoms in total. The molecule has 11 heteroatoms. The maximum Gasteiger partial charge on any atom is 0.248 e.